The Bertz CT molecular complexity index is 958. The summed E-state index contributed by atoms with van der Waals surface area (Å²) in [5, 5.41) is 2.56. The van der Waals surface area contributed by atoms with Crippen molar-refractivity contribution in [2.75, 3.05) is 36.1 Å². The molecule has 0 unspecified atom stereocenters. The third-order valence-corrected chi connectivity index (χ3v) is 4.85. The molecule has 0 fully saturated rings. The predicted molar refractivity (Wildman–Crippen MR) is 106 cm³/mol. The van der Waals surface area contributed by atoms with Crippen LogP contribution in [0.25, 0.3) is 0 Å². The number of para-hydroxylation sites is 1. The zero-order valence-electron chi connectivity index (χ0n) is 15.8. The minimum Gasteiger partial charge on any atom is -0.494 e. The molecule has 0 atom stereocenters. The van der Waals surface area contributed by atoms with Crippen molar-refractivity contribution in [1.82, 2.24) is 0 Å². The number of benzene rings is 2. The first-order valence-corrected chi connectivity index (χ1v) is 10.3. The van der Waals surface area contributed by atoms with E-state index in [2.05, 4.69) is 10.1 Å². The molecule has 0 spiro atoms. The van der Waals surface area contributed by atoms with Gasteiger partial charge >= 0.3 is 5.97 Å². The number of carbonyl (C=O) groups excluding carboxylic acids is 2. The van der Waals surface area contributed by atoms with Gasteiger partial charge in [-0.25, -0.2) is 13.2 Å². The van der Waals surface area contributed by atoms with Gasteiger partial charge < -0.3 is 14.8 Å². The molecule has 0 heterocycles. The van der Waals surface area contributed by atoms with Crippen molar-refractivity contribution < 1.29 is 27.5 Å². The fourth-order valence-corrected chi connectivity index (χ4v) is 3.34. The molecule has 8 nitrogen and oxygen atoms in total. The Kier molecular flexibility index (Phi) is 7.00. The van der Waals surface area contributed by atoms with E-state index in [0.717, 1.165) is 10.6 Å². The first kappa shape index (κ1) is 21.2. The lowest BCUT2D eigenvalue weighted by Crippen LogP contribution is -2.37. The highest BCUT2D eigenvalue weighted by atomic mass is 32.2. The van der Waals surface area contributed by atoms with E-state index in [4.69, 9.17) is 4.74 Å². The van der Waals surface area contributed by atoms with Gasteiger partial charge in [-0.1, -0.05) is 18.2 Å². The number of nitrogens with zero attached hydrogens (tertiary/aromatic N) is 1. The quantitative estimate of drug-likeness (QED) is 0.675. The molecular formula is C19H22N2O6S. The molecule has 0 saturated carbocycles. The van der Waals surface area contributed by atoms with E-state index >= 15 is 0 Å². The molecule has 0 aromatic heterocycles. The highest BCUT2D eigenvalue weighted by Crippen LogP contribution is 2.24. The average molecular weight is 406 g/mol. The number of hydrogen-bond acceptors (Lipinski definition) is 6. The van der Waals surface area contributed by atoms with Gasteiger partial charge in [0.05, 0.1) is 36.9 Å². The molecule has 2 aromatic carbocycles. The van der Waals surface area contributed by atoms with E-state index in [1.807, 2.05) is 6.92 Å². The second-order valence-electron chi connectivity index (χ2n) is 5.79. The molecular weight excluding hydrogens is 384 g/mol. The number of carbonyl (C=O) groups is 2. The maximum absolute atomic E-state index is 12.5. The van der Waals surface area contributed by atoms with Crippen LogP contribution in [0, 0.1) is 0 Å². The second-order valence-corrected chi connectivity index (χ2v) is 7.69. The Morgan fingerprint density at radius 3 is 2.46 bits per heavy atom. The van der Waals surface area contributed by atoms with Gasteiger partial charge in [-0.2, -0.15) is 0 Å². The zero-order valence-corrected chi connectivity index (χ0v) is 16.7. The van der Waals surface area contributed by atoms with Crippen LogP contribution >= 0.6 is 0 Å². The van der Waals surface area contributed by atoms with Gasteiger partial charge in [0.15, 0.2) is 0 Å². The van der Waals surface area contributed by atoms with Crippen LogP contribution in [0.2, 0.25) is 0 Å². The summed E-state index contributed by atoms with van der Waals surface area (Å²) in [6, 6.07) is 12.8. The van der Waals surface area contributed by atoms with Crippen molar-refractivity contribution in [1.29, 1.82) is 0 Å². The summed E-state index contributed by atoms with van der Waals surface area (Å²) < 4.78 is 35.5. The Morgan fingerprint density at radius 1 is 1.11 bits per heavy atom. The lowest BCUT2D eigenvalue weighted by molar-refractivity contribution is -0.114. The summed E-state index contributed by atoms with van der Waals surface area (Å²) in [7, 11) is -2.51. The van der Waals surface area contributed by atoms with Gasteiger partial charge in [0.25, 0.3) is 0 Å². The zero-order chi connectivity index (χ0) is 20.7. The van der Waals surface area contributed by atoms with Crippen molar-refractivity contribution in [2.24, 2.45) is 0 Å². The third kappa shape index (κ3) is 5.46. The third-order valence-electron chi connectivity index (χ3n) is 3.71. The first-order chi connectivity index (χ1) is 13.3. The maximum atomic E-state index is 12.5. The number of hydrogen-bond donors (Lipinski definition) is 1. The van der Waals surface area contributed by atoms with Crippen LogP contribution in [0.3, 0.4) is 0 Å². The van der Waals surface area contributed by atoms with Gasteiger partial charge in [0.2, 0.25) is 15.9 Å². The van der Waals surface area contributed by atoms with Gasteiger partial charge in [-0.05, 0) is 31.2 Å². The molecule has 0 bridgehead atoms. The minimum atomic E-state index is -3.74. The van der Waals surface area contributed by atoms with Gasteiger partial charge in [0.1, 0.15) is 12.3 Å². The van der Waals surface area contributed by atoms with Crippen molar-refractivity contribution >= 4 is 33.3 Å². The van der Waals surface area contributed by atoms with E-state index in [0.29, 0.717) is 18.0 Å². The van der Waals surface area contributed by atoms with E-state index < -0.39 is 28.4 Å². The molecule has 1 N–H and O–H groups in total. The SMILES string of the molecule is CCOc1cccc(N(CC(=O)Nc2ccccc2C(=O)OC)S(C)(=O)=O)c1. The summed E-state index contributed by atoms with van der Waals surface area (Å²) in [5.41, 5.74) is 0.698. The van der Waals surface area contributed by atoms with Crippen LogP contribution in [0.4, 0.5) is 11.4 Å². The Balaban J connectivity index is 2.26. The van der Waals surface area contributed by atoms with Crippen LogP contribution in [-0.4, -0.2) is 46.8 Å². The Hall–Kier alpha value is -3.07. The van der Waals surface area contributed by atoms with Gasteiger partial charge in [-0.15, -0.1) is 0 Å². The number of nitrogens with one attached hydrogen (secondary N) is 1. The first-order valence-electron chi connectivity index (χ1n) is 8.44. The average Bonchev–Trinajstić information content (AvgIpc) is 2.65. The summed E-state index contributed by atoms with van der Waals surface area (Å²) in [4.78, 5) is 24.3. The molecule has 2 aromatic rings. The number of amides is 1. The minimum absolute atomic E-state index is 0.169. The highest BCUT2D eigenvalue weighted by molar-refractivity contribution is 7.92. The number of rotatable bonds is 8. The molecule has 1 amide bonds. The smallest absolute Gasteiger partial charge is 0.339 e. The van der Waals surface area contributed by atoms with Gasteiger partial charge in [0, 0.05) is 6.07 Å². The van der Waals surface area contributed by atoms with Crippen LogP contribution in [-0.2, 0) is 19.6 Å². The molecule has 28 heavy (non-hydrogen) atoms. The summed E-state index contributed by atoms with van der Waals surface area (Å²) >= 11 is 0. The van der Waals surface area contributed by atoms with Crippen molar-refractivity contribution in [2.45, 2.75) is 6.92 Å². The standard InChI is InChI=1S/C19H22N2O6S/c1-4-27-15-9-7-8-14(12-15)21(28(3,24)25)13-18(22)20-17-11-6-5-10-16(17)19(23)26-2/h5-12H,4,13H2,1-3H3,(H,20,22). The molecule has 0 aliphatic heterocycles. The summed E-state index contributed by atoms with van der Waals surface area (Å²) in [5.74, 6) is -0.728. The monoisotopic (exact) mass is 406 g/mol. The van der Waals surface area contributed by atoms with Crippen LogP contribution in [0.15, 0.2) is 48.5 Å². The molecule has 2 rings (SSSR count). The van der Waals surface area contributed by atoms with E-state index in [1.54, 1.807) is 36.4 Å². The molecule has 0 aliphatic rings. The number of esters is 1. The fraction of sp³-hybridized carbons (Fsp3) is 0.263. The number of ether oxygens (including phenoxy) is 2. The number of anilines is 2. The largest absolute Gasteiger partial charge is 0.494 e. The Labute approximate surface area is 164 Å². The summed E-state index contributed by atoms with van der Waals surface area (Å²) in [6.07, 6.45) is 1.01. The van der Waals surface area contributed by atoms with E-state index in [9.17, 15) is 18.0 Å². The maximum Gasteiger partial charge on any atom is 0.339 e. The van der Waals surface area contributed by atoms with Crippen molar-refractivity contribution in [3.05, 3.63) is 54.1 Å². The van der Waals surface area contributed by atoms with E-state index in [-0.39, 0.29) is 11.3 Å². The van der Waals surface area contributed by atoms with E-state index in [1.165, 1.54) is 19.2 Å². The second kappa shape index (κ2) is 9.23. The molecule has 150 valence electrons. The number of methoxy groups -OCH3 is 1. The fourth-order valence-electron chi connectivity index (χ4n) is 2.50. The van der Waals surface area contributed by atoms with Crippen molar-refractivity contribution in [3.8, 4) is 5.75 Å². The normalized spacial score (nSPS) is 10.8. The molecule has 0 aliphatic carbocycles. The van der Waals surface area contributed by atoms with Crippen LogP contribution in [0.5, 0.6) is 5.75 Å². The van der Waals surface area contributed by atoms with Crippen LogP contribution < -0.4 is 14.4 Å². The topological polar surface area (TPSA) is 102 Å². The highest BCUT2D eigenvalue weighted by Gasteiger charge is 2.22. The predicted octanol–water partition coefficient (Wildman–Crippen LogP) is 2.28. The summed E-state index contributed by atoms with van der Waals surface area (Å²) in [6.45, 7) is 1.77. The lowest BCUT2D eigenvalue weighted by atomic mass is 10.2. The Morgan fingerprint density at radius 2 is 1.82 bits per heavy atom. The number of sulfonamides is 1. The van der Waals surface area contributed by atoms with Gasteiger partial charge in [-0.3, -0.25) is 9.10 Å². The molecule has 0 saturated heterocycles. The van der Waals surface area contributed by atoms with Crippen molar-refractivity contribution in [3.63, 3.8) is 0 Å². The molecule has 9 heteroatoms. The van der Waals surface area contributed by atoms with Crippen LogP contribution in [0.1, 0.15) is 17.3 Å². The lowest BCUT2D eigenvalue weighted by Gasteiger charge is -2.22. The molecule has 0 radical (unpaired) electrons.